The number of likely N-dealkylation sites (tertiary alicyclic amines) is 2. The Balaban J connectivity index is 1.74. The molecule has 0 aromatic rings. The van der Waals surface area contributed by atoms with E-state index in [9.17, 15) is 63.3 Å². The Kier molecular flexibility index (Phi) is 27.9. The summed E-state index contributed by atoms with van der Waals surface area (Å²) in [5.74, 6) is -9.15. The first-order valence-electron chi connectivity index (χ1n) is 26.9. The summed E-state index contributed by atoms with van der Waals surface area (Å²) >= 11 is 4.24. The third-order valence-electron chi connectivity index (χ3n) is 14.4. The highest BCUT2D eigenvalue weighted by atomic mass is 32.1. The van der Waals surface area contributed by atoms with Crippen LogP contribution in [0.15, 0.2) is 4.99 Å². The average Bonchev–Trinajstić information content (AvgIpc) is 4.24. The number of hydrogen-bond acceptors (Lipinski definition) is 16. The Bertz CT molecular complexity index is 2060. The second-order valence-electron chi connectivity index (χ2n) is 20.2. The van der Waals surface area contributed by atoms with Crippen molar-refractivity contribution < 1.29 is 63.3 Å². The number of carbonyl (C=O) groups is 10. The number of carboxylic acid groups (broad SMARTS) is 1. The van der Waals surface area contributed by atoms with E-state index in [0.29, 0.717) is 51.5 Å². The lowest BCUT2D eigenvalue weighted by molar-refractivity contribution is -0.149. The van der Waals surface area contributed by atoms with Crippen molar-refractivity contribution in [1.29, 1.82) is 0 Å². The van der Waals surface area contributed by atoms with Crippen LogP contribution >= 0.6 is 12.6 Å². The summed E-state index contributed by atoms with van der Waals surface area (Å²) in [6.07, 6.45) is 3.07. The van der Waals surface area contributed by atoms with Gasteiger partial charge in [0.15, 0.2) is 5.96 Å². The van der Waals surface area contributed by atoms with Gasteiger partial charge in [-0.05, 0) is 102 Å². The van der Waals surface area contributed by atoms with Gasteiger partial charge in [0.25, 0.3) is 0 Å². The minimum atomic E-state index is -1.68. The predicted molar refractivity (Wildman–Crippen MR) is 286 cm³/mol. The van der Waals surface area contributed by atoms with Gasteiger partial charge >= 0.3 is 5.97 Å². The van der Waals surface area contributed by atoms with E-state index >= 15 is 0 Å². The molecular weight excluding hydrogens is 1020 g/mol. The van der Waals surface area contributed by atoms with Crippen LogP contribution in [0.5, 0.6) is 0 Å². The van der Waals surface area contributed by atoms with Crippen molar-refractivity contribution in [3.05, 3.63) is 0 Å². The number of guanidine groups is 1. The van der Waals surface area contributed by atoms with Crippen LogP contribution in [0.4, 0.5) is 0 Å². The van der Waals surface area contributed by atoms with Gasteiger partial charge in [-0.3, -0.25) is 48.1 Å². The first kappa shape index (κ1) is 65.4. The molecule has 3 heterocycles. The van der Waals surface area contributed by atoms with Gasteiger partial charge in [0.1, 0.15) is 54.4 Å². The van der Waals surface area contributed by atoms with Crippen LogP contribution < -0.4 is 59.7 Å². The number of unbranched alkanes of at least 4 members (excludes halogenated alkanes) is 1. The quantitative estimate of drug-likeness (QED) is 0.0131. The summed E-state index contributed by atoms with van der Waals surface area (Å²) in [5.41, 5.74) is 16.4. The van der Waals surface area contributed by atoms with Gasteiger partial charge < -0.3 is 84.9 Å². The van der Waals surface area contributed by atoms with E-state index in [1.807, 2.05) is 6.92 Å². The highest BCUT2D eigenvalue weighted by molar-refractivity contribution is 7.80. The van der Waals surface area contributed by atoms with Crippen molar-refractivity contribution in [3.63, 3.8) is 0 Å². The SMILES string of the molecule is CC[C@H](C)[C@H](NC(=O)[C@@H]1CCCN1)C(=O)N[C@@H](CS)C(=O)N[C@H](C(=O)N[C@@H](CCCCN)C(=O)N[C@@H](CO)C(=O)N[C@H](C(=O)N1CCC[C@H]1C(=O)N1CCC[C@H]1C(=O)N[C@@H](CCCN=C(N)N)C(=O)O)[C@@H](C)CC)[C@@H](C)O. The van der Waals surface area contributed by atoms with Crippen LogP contribution in [0.1, 0.15) is 118 Å². The minimum absolute atomic E-state index is 0.0234. The van der Waals surface area contributed by atoms with Gasteiger partial charge in [-0.2, -0.15) is 12.6 Å². The molecule has 3 aliphatic rings. The topological polar surface area (TPSA) is 425 Å². The summed E-state index contributed by atoms with van der Waals surface area (Å²) in [4.78, 5) is 143. The number of nitrogens with zero attached hydrogens (tertiary/aromatic N) is 3. The van der Waals surface area contributed by atoms with Crippen LogP contribution in [0, 0.1) is 11.8 Å². The number of aliphatic hydroxyl groups is 2. The van der Waals surface area contributed by atoms with Crippen molar-refractivity contribution in [1.82, 2.24) is 52.3 Å². The van der Waals surface area contributed by atoms with E-state index in [2.05, 4.69) is 60.2 Å². The number of carbonyl (C=O) groups excluding carboxylic acids is 9. The summed E-state index contributed by atoms with van der Waals surface area (Å²) in [7, 11) is 0. The monoisotopic (exact) mass is 1110 g/mol. The standard InChI is InChI=1S/C49H86N14O13S/c1-6-26(3)36(59-39(66)29-15-10-20-53-29)44(71)58-33(25-77)42(69)61-38(28(5)65)45(72)55-30(14-8-9-19-50)40(67)57-32(24-64)41(68)60-37(27(4)7-2)47(74)63-23-13-18-35(63)46(73)62-22-12-17-34(62)43(70)56-31(48(75)76)16-11-21-54-49(51)52/h26-38,53,64-65,77H,6-25,50H2,1-5H3,(H,55,72)(H,56,70)(H,57,67)(H,58,71)(H,59,66)(H,60,68)(H,61,69)(H,75,76)(H4,51,52,54)/t26-,27-,28+,29-,30-,31-,32-,33-,34-,35-,36-,37-,38-/m0/s1. The zero-order valence-electron chi connectivity index (χ0n) is 45.1. The van der Waals surface area contributed by atoms with Crippen LogP contribution in [0.2, 0.25) is 0 Å². The van der Waals surface area contributed by atoms with Gasteiger partial charge in [-0.15, -0.1) is 0 Å². The molecule has 9 amide bonds. The highest BCUT2D eigenvalue weighted by Gasteiger charge is 2.45. The molecule has 0 radical (unpaired) electrons. The summed E-state index contributed by atoms with van der Waals surface area (Å²) in [6.45, 7) is 8.72. The first-order valence-corrected chi connectivity index (χ1v) is 27.5. The number of nitrogens with two attached hydrogens (primary N) is 3. The number of amides is 9. The summed E-state index contributed by atoms with van der Waals surface area (Å²) < 4.78 is 0. The number of rotatable bonds is 32. The van der Waals surface area contributed by atoms with Crippen LogP contribution in [0.3, 0.4) is 0 Å². The fourth-order valence-corrected chi connectivity index (χ4v) is 9.65. The van der Waals surface area contributed by atoms with E-state index < -0.39 is 132 Å². The second kappa shape index (κ2) is 32.8. The lowest BCUT2D eigenvalue weighted by Crippen LogP contribution is -2.63. The molecule has 0 saturated carbocycles. The number of aliphatic carboxylic acids is 1. The number of aliphatic imine (C=N–C) groups is 1. The molecule has 0 aliphatic carbocycles. The zero-order valence-corrected chi connectivity index (χ0v) is 46.0. The fourth-order valence-electron chi connectivity index (χ4n) is 9.39. The maximum absolute atomic E-state index is 14.5. The molecule has 0 unspecified atom stereocenters. The van der Waals surface area contributed by atoms with Gasteiger partial charge in [0.2, 0.25) is 53.2 Å². The number of hydrogen-bond donors (Lipinski definition) is 15. The van der Waals surface area contributed by atoms with E-state index in [-0.39, 0.29) is 81.8 Å². The van der Waals surface area contributed by atoms with Crippen molar-refractivity contribution >= 4 is 77.7 Å². The molecule has 0 spiro atoms. The highest BCUT2D eigenvalue weighted by Crippen LogP contribution is 2.27. The van der Waals surface area contributed by atoms with E-state index in [1.54, 1.807) is 20.8 Å². The van der Waals surface area contributed by atoms with Crippen molar-refractivity contribution in [3.8, 4) is 0 Å². The van der Waals surface area contributed by atoms with E-state index in [1.165, 1.54) is 16.7 Å². The van der Waals surface area contributed by atoms with Crippen molar-refractivity contribution in [2.24, 2.45) is 34.0 Å². The maximum Gasteiger partial charge on any atom is 0.326 e. The van der Waals surface area contributed by atoms with Crippen molar-refractivity contribution in [2.75, 3.05) is 45.1 Å². The van der Waals surface area contributed by atoms with Gasteiger partial charge in [0, 0.05) is 25.4 Å². The average molecular weight is 1110 g/mol. The summed E-state index contributed by atoms with van der Waals surface area (Å²) in [6, 6.07) is -12.1. The molecule has 17 N–H and O–H groups in total. The molecule has 0 aromatic carbocycles. The first-order chi connectivity index (χ1) is 36.5. The molecule has 3 aliphatic heterocycles. The lowest BCUT2D eigenvalue weighted by atomic mass is 9.96. The van der Waals surface area contributed by atoms with Crippen LogP contribution in [-0.4, -0.2) is 202 Å². The Morgan fingerprint density at radius 1 is 0.649 bits per heavy atom. The third-order valence-corrected chi connectivity index (χ3v) is 14.8. The molecule has 3 fully saturated rings. The molecular formula is C49H86N14O13S. The largest absolute Gasteiger partial charge is 0.480 e. The van der Waals surface area contributed by atoms with Crippen molar-refractivity contribution in [2.45, 2.75) is 185 Å². The van der Waals surface area contributed by atoms with E-state index in [4.69, 9.17) is 17.2 Å². The molecule has 3 rings (SSSR count). The third kappa shape index (κ3) is 19.5. The Morgan fingerprint density at radius 3 is 1.78 bits per heavy atom. The molecule has 0 bridgehead atoms. The normalized spacial score (nSPS) is 21.1. The van der Waals surface area contributed by atoms with Gasteiger partial charge in [-0.25, -0.2) is 4.79 Å². The van der Waals surface area contributed by atoms with Gasteiger partial charge in [0.05, 0.1) is 18.8 Å². The molecule has 27 nitrogen and oxygen atoms in total. The Morgan fingerprint density at radius 2 is 1.21 bits per heavy atom. The van der Waals surface area contributed by atoms with Gasteiger partial charge in [-0.1, -0.05) is 40.5 Å². The van der Waals surface area contributed by atoms with Crippen LogP contribution in [-0.2, 0) is 47.9 Å². The number of aliphatic hydroxyl groups excluding tert-OH is 2. The van der Waals surface area contributed by atoms with E-state index in [0.717, 1.165) is 6.42 Å². The summed E-state index contributed by atoms with van der Waals surface area (Å²) in [5, 5.41) is 52.0. The number of carboxylic acids is 1. The molecule has 77 heavy (non-hydrogen) atoms. The smallest absolute Gasteiger partial charge is 0.326 e. The minimum Gasteiger partial charge on any atom is -0.480 e. The fraction of sp³-hybridized carbons (Fsp3) is 0.776. The molecule has 13 atom stereocenters. The second-order valence-corrected chi connectivity index (χ2v) is 20.5. The molecule has 0 aromatic heterocycles. The molecule has 436 valence electrons. The molecule has 3 saturated heterocycles. The lowest BCUT2D eigenvalue weighted by Gasteiger charge is -2.35. The number of nitrogens with one attached hydrogen (secondary N) is 8. The maximum atomic E-state index is 14.5. The number of thiol groups is 1. The predicted octanol–water partition coefficient (Wildman–Crippen LogP) is -4.22. The Labute approximate surface area is 455 Å². The Hall–Kier alpha value is -5.84. The van der Waals surface area contributed by atoms with Crippen LogP contribution in [0.25, 0.3) is 0 Å². The molecule has 28 heteroatoms. The zero-order chi connectivity index (χ0) is 57.5.